The molecule has 0 saturated heterocycles. The van der Waals surface area contributed by atoms with E-state index in [1.54, 1.807) is 13.8 Å². The second-order valence-corrected chi connectivity index (χ2v) is 6.72. The van der Waals surface area contributed by atoms with Crippen LogP contribution in [-0.4, -0.2) is 75.8 Å². The molecule has 0 fully saturated rings. The first kappa shape index (κ1) is 25.3. The van der Waals surface area contributed by atoms with E-state index >= 15 is 0 Å². The smallest absolute Gasteiger partial charge is 0.326 e. The fourth-order valence-electron chi connectivity index (χ4n) is 2.12. The number of amides is 3. The van der Waals surface area contributed by atoms with Crippen LogP contribution in [0.5, 0.6) is 0 Å². The summed E-state index contributed by atoms with van der Waals surface area (Å²) in [4.78, 5) is 58.2. The maximum absolute atomic E-state index is 12.4. The molecule has 0 aliphatic heterocycles. The molecule has 0 saturated carbocycles. The standard InChI is InChI=1S/C16H28N4O8/c1-7(2)4-9(14(25)19-10(16(27)28)5-12(22)23)18-15(26)11(6-21)20-13(24)8(3)17/h7-11,21H,4-6,17H2,1-3H3,(H,18,26)(H,19,25)(H,20,24)(H,22,23)(H,27,28). The number of rotatable bonds is 12. The lowest BCUT2D eigenvalue weighted by Crippen LogP contribution is -2.58. The van der Waals surface area contributed by atoms with Crippen molar-refractivity contribution < 1.29 is 39.3 Å². The van der Waals surface area contributed by atoms with E-state index in [2.05, 4.69) is 16.0 Å². The first-order valence-electron chi connectivity index (χ1n) is 8.61. The van der Waals surface area contributed by atoms with Crippen molar-refractivity contribution in [3.05, 3.63) is 0 Å². The highest BCUT2D eigenvalue weighted by atomic mass is 16.4. The van der Waals surface area contributed by atoms with E-state index in [4.69, 9.17) is 15.9 Å². The largest absolute Gasteiger partial charge is 0.481 e. The van der Waals surface area contributed by atoms with E-state index in [1.165, 1.54) is 6.92 Å². The van der Waals surface area contributed by atoms with Gasteiger partial charge >= 0.3 is 11.9 Å². The van der Waals surface area contributed by atoms with Gasteiger partial charge in [-0.05, 0) is 19.3 Å². The number of nitrogens with one attached hydrogen (secondary N) is 3. The summed E-state index contributed by atoms with van der Waals surface area (Å²) in [6.45, 7) is 4.13. The molecule has 0 heterocycles. The van der Waals surface area contributed by atoms with Gasteiger partial charge in [-0.25, -0.2) is 4.79 Å². The maximum Gasteiger partial charge on any atom is 0.326 e. The minimum Gasteiger partial charge on any atom is -0.481 e. The Hall–Kier alpha value is -2.73. The third-order valence-electron chi connectivity index (χ3n) is 3.56. The molecule has 0 aromatic heterocycles. The lowest BCUT2D eigenvalue weighted by Gasteiger charge is -2.24. The van der Waals surface area contributed by atoms with Crippen molar-refractivity contribution >= 4 is 29.7 Å². The van der Waals surface area contributed by atoms with Gasteiger partial charge in [-0.3, -0.25) is 19.2 Å². The number of hydrogen-bond acceptors (Lipinski definition) is 7. The predicted octanol–water partition coefficient (Wildman–Crippen LogP) is -2.61. The highest BCUT2D eigenvalue weighted by Gasteiger charge is 2.30. The Kier molecular flexibility index (Phi) is 10.7. The Labute approximate surface area is 161 Å². The molecule has 0 aromatic carbocycles. The third kappa shape index (κ3) is 9.28. The molecule has 160 valence electrons. The first-order chi connectivity index (χ1) is 12.9. The average molecular weight is 404 g/mol. The second kappa shape index (κ2) is 11.9. The summed E-state index contributed by atoms with van der Waals surface area (Å²) in [7, 11) is 0. The van der Waals surface area contributed by atoms with Crippen molar-refractivity contribution in [3.8, 4) is 0 Å². The van der Waals surface area contributed by atoms with E-state index in [-0.39, 0.29) is 12.3 Å². The van der Waals surface area contributed by atoms with Crippen molar-refractivity contribution in [2.45, 2.75) is 57.8 Å². The van der Waals surface area contributed by atoms with Crippen LogP contribution in [0.1, 0.15) is 33.6 Å². The van der Waals surface area contributed by atoms with Crippen LogP contribution in [0.3, 0.4) is 0 Å². The Morgan fingerprint density at radius 3 is 1.68 bits per heavy atom. The van der Waals surface area contributed by atoms with Crippen LogP contribution in [0.15, 0.2) is 0 Å². The highest BCUT2D eigenvalue weighted by Crippen LogP contribution is 2.07. The minimum absolute atomic E-state index is 0.0926. The summed E-state index contributed by atoms with van der Waals surface area (Å²) in [5, 5.41) is 33.7. The van der Waals surface area contributed by atoms with E-state index in [0.717, 1.165) is 0 Å². The van der Waals surface area contributed by atoms with E-state index < -0.39 is 66.9 Å². The Morgan fingerprint density at radius 1 is 0.821 bits per heavy atom. The molecule has 0 rings (SSSR count). The SMILES string of the molecule is CC(C)CC(NC(=O)C(CO)NC(=O)C(C)N)C(=O)NC(CC(=O)O)C(=O)O. The number of hydrogen-bond donors (Lipinski definition) is 7. The Bertz CT molecular complexity index is 593. The van der Waals surface area contributed by atoms with Crippen LogP contribution in [-0.2, 0) is 24.0 Å². The van der Waals surface area contributed by atoms with Gasteiger partial charge in [-0.2, -0.15) is 0 Å². The Morgan fingerprint density at radius 2 is 1.29 bits per heavy atom. The summed E-state index contributed by atoms with van der Waals surface area (Å²) in [6, 6.07) is -5.17. The number of carbonyl (C=O) groups excluding carboxylic acids is 3. The lowest BCUT2D eigenvalue weighted by molar-refractivity contribution is -0.147. The molecule has 12 nitrogen and oxygen atoms in total. The second-order valence-electron chi connectivity index (χ2n) is 6.72. The Balaban J connectivity index is 5.25. The van der Waals surface area contributed by atoms with Gasteiger partial charge in [0.15, 0.2) is 0 Å². The van der Waals surface area contributed by atoms with Gasteiger partial charge in [0.1, 0.15) is 18.1 Å². The van der Waals surface area contributed by atoms with Gasteiger partial charge in [0.25, 0.3) is 0 Å². The zero-order valence-corrected chi connectivity index (χ0v) is 16.0. The minimum atomic E-state index is -1.68. The average Bonchev–Trinajstić information content (AvgIpc) is 2.56. The summed E-state index contributed by atoms with van der Waals surface area (Å²) in [6.07, 6.45) is -0.733. The molecule has 0 aliphatic rings. The number of carboxylic acids is 2. The first-order valence-corrected chi connectivity index (χ1v) is 8.61. The fourth-order valence-corrected chi connectivity index (χ4v) is 2.12. The molecule has 3 amide bonds. The van der Waals surface area contributed by atoms with Crippen LogP contribution < -0.4 is 21.7 Å². The van der Waals surface area contributed by atoms with Gasteiger partial charge in [0.05, 0.1) is 19.1 Å². The fraction of sp³-hybridized carbons (Fsp3) is 0.688. The number of aliphatic hydroxyl groups excluding tert-OH is 1. The molecular formula is C16H28N4O8. The zero-order valence-electron chi connectivity index (χ0n) is 16.0. The monoisotopic (exact) mass is 404 g/mol. The van der Waals surface area contributed by atoms with Crippen LogP contribution in [0, 0.1) is 5.92 Å². The van der Waals surface area contributed by atoms with Gasteiger partial charge in [-0.1, -0.05) is 13.8 Å². The quantitative estimate of drug-likeness (QED) is 0.181. The molecule has 4 unspecified atom stereocenters. The maximum atomic E-state index is 12.4. The summed E-state index contributed by atoms with van der Waals surface area (Å²) >= 11 is 0. The van der Waals surface area contributed by atoms with E-state index in [9.17, 15) is 29.1 Å². The molecule has 0 aliphatic carbocycles. The van der Waals surface area contributed by atoms with Gasteiger partial charge in [-0.15, -0.1) is 0 Å². The number of aliphatic hydroxyl groups is 1. The topological polar surface area (TPSA) is 208 Å². The van der Waals surface area contributed by atoms with Crippen LogP contribution >= 0.6 is 0 Å². The summed E-state index contributed by atoms with van der Waals surface area (Å²) < 4.78 is 0. The molecule has 0 spiro atoms. The van der Waals surface area contributed by atoms with Crippen LogP contribution in [0.2, 0.25) is 0 Å². The van der Waals surface area contributed by atoms with Crippen molar-refractivity contribution in [1.29, 1.82) is 0 Å². The molecule has 12 heteroatoms. The van der Waals surface area contributed by atoms with Crippen LogP contribution in [0.25, 0.3) is 0 Å². The van der Waals surface area contributed by atoms with Crippen molar-refractivity contribution in [3.63, 3.8) is 0 Å². The van der Waals surface area contributed by atoms with Gasteiger partial charge in [0, 0.05) is 0 Å². The van der Waals surface area contributed by atoms with E-state index in [0.29, 0.717) is 0 Å². The highest BCUT2D eigenvalue weighted by molar-refractivity contribution is 5.94. The number of nitrogens with two attached hydrogens (primary N) is 1. The molecule has 4 atom stereocenters. The number of carbonyl (C=O) groups is 5. The predicted molar refractivity (Wildman–Crippen MR) is 95.9 cm³/mol. The van der Waals surface area contributed by atoms with Crippen molar-refractivity contribution in [2.75, 3.05) is 6.61 Å². The normalized spacial score (nSPS) is 15.1. The molecule has 0 radical (unpaired) electrons. The summed E-state index contributed by atoms with van der Waals surface area (Å²) in [5.74, 6) is -5.51. The van der Waals surface area contributed by atoms with Crippen LogP contribution in [0.4, 0.5) is 0 Å². The van der Waals surface area contributed by atoms with E-state index in [1.807, 2.05) is 0 Å². The van der Waals surface area contributed by atoms with Crippen molar-refractivity contribution in [2.24, 2.45) is 11.7 Å². The molecule has 8 N–H and O–H groups in total. The molecule has 0 bridgehead atoms. The number of aliphatic carboxylic acids is 2. The molecule has 0 aromatic rings. The third-order valence-corrected chi connectivity index (χ3v) is 3.56. The van der Waals surface area contributed by atoms with Gasteiger partial charge in [0.2, 0.25) is 17.7 Å². The van der Waals surface area contributed by atoms with Gasteiger partial charge < -0.3 is 37.0 Å². The molecule has 28 heavy (non-hydrogen) atoms. The summed E-state index contributed by atoms with van der Waals surface area (Å²) in [5.41, 5.74) is 5.38. The zero-order chi connectivity index (χ0) is 22.0. The lowest BCUT2D eigenvalue weighted by atomic mass is 10.0. The number of carboxylic acid groups (broad SMARTS) is 2. The molecular weight excluding hydrogens is 376 g/mol. The van der Waals surface area contributed by atoms with Crippen molar-refractivity contribution in [1.82, 2.24) is 16.0 Å².